The molecular weight excluding hydrogens is 234 g/mol. The van der Waals surface area contributed by atoms with Gasteiger partial charge in [0, 0.05) is 37.6 Å². The lowest BCUT2D eigenvalue weighted by Crippen LogP contribution is -2.31. The van der Waals surface area contributed by atoms with Crippen LogP contribution in [0.5, 0.6) is 0 Å². The molecule has 1 aromatic heterocycles. The van der Waals surface area contributed by atoms with Crippen LogP contribution in [0.4, 0.5) is 5.13 Å². The summed E-state index contributed by atoms with van der Waals surface area (Å²) < 4.78 is 9.45. The molecule has 96 valence electrons. The van der Waals surface area contributed by atoms with E-state index in [4.69, 9.17) is 4.74 Å². The molecule has 2 unspecified atom stereocenters. The minimum atomic E-state index is 0.637. The third kappa shape index (κ3) is 2.77. The summed E-state index contributed by atoms with van der Waals surface area (Å²) in [5.74, 6) is 1.69. The molecule has 2 heterocycles. The molecule has 4 nitrogen and oxygen atoms in total. The van der Waals surface area contributed by atoms with Gasteiger partial charge < -0.3 is 9.64 Å². The zero-order valence-electron chi connectivity index (χ0n) is 10.8. The van der Waals surface area contributed by atoms with Crippen molar-refractivity contribution in [3.05, 3.63) is 5.82 Å². The topological polar surface area (TPSA) is 38.2 Å². The Morgan fingerprint density at radius 2 is 2.35 bits per heavy atom. The third-order valence-electron chi connectivity index (χ3n) is 3.53. The monoisotopic (exact) mass is 255 g/mol. The second-order valence-electron chi connectivity index (χ2n) is 4.67. The average Bonchev–Trinajstić information content (AvgIpc) is 2.92. The number of ether oxygens (including phenoxy) is 1. The van der Waals surface area contributed by atoms with Crippen molar-refractivity contribution in [3.8, 4) is 0 Å². The molecule has 1 aliphatic heterocycles. The van der Waals surface area contributed by atoms with Crippen LogP contribution in [0, 0.1) is 5.92 Å². The SMILES string of the molecule is CCC1C(C)CCN1c1nc(CCOC)ns1. The summed E-state index contributed by atoms with van der Waals surface area (Å²) in [6.07, 6.45) is 3.27. The second-order valence-corrected chi connectivity index (χ2v) is 5.40. The zero-order chi connectivity index (χ0) is 12.3. The summed E-state index contributed by atoms with van der Waals surface area (Å²) in [4.78, 5) is 7.04. The number of anilines is 1. The van der Waals surface area contributed by atoms with E-state index in [1.54, 1.807) is 7.11 Å². The Hall–Kier alpha value is -0.680. The first kappa shape index (κ1) is 12.8. The van der Waals surface area contributed by atoms with Gasteiger partial charge >= 0.3 is 0 Å². The molecular formula is C12H21N3OS. The molecule has 0 aliphatic carbocycles. The van der Waals surface area contributed by atoms with Gasteiger partial charge in [-0.15, -0.1) is 0 Å². The predicted molar refractivity (Wildman–Crippen MR) is 70.7 cm³/mol. The Balaban J connectivity index is 2.04. The van der Waals surface area contributed by atoms with Crippen LogP contribution < -0.4 is 4.90 Å². The van der Waals surface area contributed by atoms with Crippen LogP contribution >= 0.6 is 11.5 Å². The van der Waals surface area contributed by atoms with Gasteiger partial charge in [-0.25, -0.2) is 4.98 Å². The molecule has 1 aliphatic rings. The van der Waals surface area contributed by atoms with Crippen LogP contribution in [0.1, 0.15) is 32.5 Å². The molecule has 0 aromatic carbocycles. The molecule has 5 heteroatoms. The molecule has 1 fully saturated rings. The number of aromatic nitrogens is 2. The van der Waals surface area contributed by atoms with Crippen molar-refractivity contribution in [1.29, 1.82) is 0 Å². The molecule has 0 N–H and O–H groups in total. The largest absolute Gasteiger partial charge is 0.384 e. The minimum Gasteiger partial charge on any atom is -0.384 e. The van der Waals surface area contributed by atoms with Crippen LogP contribution in [0.15, 0.2) is 0 Å². The number of hydrogen-bond donors (Lipinski definition) is 0. The van der Waals surface area contributed by atoms with Crippen LogP contribution in [-0.2, 0) is 11.2 Å². The van der Waals surface area contributed by atoms with E-state index < -0.39 is 0 Å². The molecule has 0 radical (unpaired) electrons. The van der Waals surface area contributed by atoms with Gasteiger partial charge in [-0.05, 0) is 18.8 Å². The average molecular weight is 255 g/mol. The van der Waals surface area contributed by atoms with Crippen molar-refractivity contribution >= 4 is 16.7 Å². The zero-order valence-corrected chi connectivity index (χ0v) is 11.7. The normalized spacial score (nSPS) is 24.5. The van der Waals surface area contributed by atoms with Gasteiger partial charge in [0.25, 0.3) is 0 Å². The summed E-state index contributed by atoms with van der Waals surface area (Å²) in [6, 6.07) is 0.637. The molecule has 0 bridgehead atoms. The molecule has 1 aromatic rings. The van der Waals surface area contributed by atoms with Crippen molar-refractivity contribution in [1.82, 2.24) is 9.36 Å². The second kappa shape index (κ2) is 5.78. The van der Waals surface area contributed by atoms with Crippen LogP contribution in [0.25, 0.3) is 0 Å². The number of hydrogen-bond acceptors (Lipinski definition) is 5. The van der Waals surface area contributed by atoms with Crippen LogP contribution in [0.3, 0.4) is 0 Å². The predicted octanol–water partition coefficient (Wildman–Crippen LogP) is 2.35. The van der Waals surface area contributed by atoms with E-state index in [1.807, 2.05) is 0 Å². The van der Waals surface area contributed by atoms with E-state index >= 15 is 0 Å². The lowest BCUT2D eigenvalue weighted by Gasteiger charge is -2.24. The Labute approximate surface area is 107 Å². The van der Waals surface area contributed by atoms with Gasteiger partial charge in [0.1, 0.15) is 5.82 Å². The van der Waals surface area contributed by atoms with Crippen molar-refractivity contribution in [2.24, 2.45) is 5.92 Å². The van der Waals surface area contributed by atoms with Gasteiger partial charge in [-0.2, -0.15) is 4.37 Å². The maximum Gasteiger partial charge on any atom is 0.205 e. The molecule has 0 saturated carbocycles. The van der Waals surface area contributed by atoms with Gasteiger partial charge in [0.15, 0.2) is 0 Å². The van der Waals surface area contributed by atoms with E-state index in [-0.39, 0.29) is 0 Å². The van der Waals surface area contributed by atoms with Crippen molar-refractivity contribution in [2.45, 2.75) is 39.2 Å². The lowest BCUT2D eigenvalue weighted by atomic mass is 10.0. The van der Waals surface area contributed by atoms with Crippen molar-refractivity contribution < 1.29 is 4.74 Å². The molecule has 0 spiro atoms. The summed E-state index contributed by atoms with van der Waals surface area (Å²) in [6.45, 7) is 6.41. The Kier molecular flexibility index (Phi) is 4.34. The number of nitrogens with zero attached hydrogens (tertiary/aromatic N) is 3. The van der Waals surface area contributed by atoms with E-state index in [0.29, 0.717) is 12.6 Å². The van der Waals surface area contributed by atoms with Crippen molar-refractivity contribution in [3.63, 3.8) is 0 Å². The Morgan fingerprint density at radius 1 is 1.53 bits per heavy atom. The molecule has 1 saturated heterocycles. The standard InChI is InChI=1S/C12H21N3OS/c1-4-10-9(2)5-7-15(10)12-13-11(14-17-12)6-8-16-3/h9-10H,4-8H2,1-3H3. The first-order valence-electron chi connectivity index (χ1n) is 6.34. The van der Waals surface area contributed by atoms with Crippen LogP contribution in [-0.4, -0.2) is 35.7 Å². The summed E-state index contributed by atoms with van der Waals surface area (Å²) in [7, 11) is 1.71. The Bertz CT molecular complexity index is 355. The third-order valence-corrected chi connectivity index (χ3v) is 4.32. The number of rotatable bonds is 5. The van der Waals surface area contributed by atoms with Gasteiger partial charge in [0.2, 0.25) is 5.13 Å². The summed E-state index contributed by atoms with van der Waals surface area (Å²) in [5.41, 5.74) is 0. The maximum absolute atomic E-state index is 5.05. The van der Waals surface area contributed by atoms with E-state index in [9.17, 15) is 0 Å². The fourth-order valence-electron chi connectivity index (χ4n) is 2.52. The van der Waals surface area contributed by atoms with Crippen LogP contribution in [0.2, 0.25) is 0 Å². The minimum absolute atomic E-state index is 0.637. The van der Waals surface area contributed by atoms with E-state index in [2.05, 4.69) is 28.1 Å². The highest BCUT2D eigenvalue weighted by atomic mass is 32.1. The van der Waals surface area contributed by atoms with E-state index in [0.717, 1.165) is 29.8 Å². The van der Waals surface area contributed by atoms with Gasteiger partial charge in [0.05, 0.1) is 6.61 Å². The highest BCUT2D eigenvalue weighted by Gasteiger charge is 2.31. The fourth-order valence-corrected chi connectivity index (χ4v) is 3.32. The first-order valence-corrected chi connectivity index (χ1v) is 7.11. The van der Waals surface area contributed by atoms with E-state index in [1.165, 1.54) is 24.4 Å². The quantitative estimate of drug-likeness (QED) is 0.809. The number of methoxy groups -OCH3 is 1. The van der Waals surface area contributed by atoms with Crippen molar-refractivity contribution in [2.75, 3.05) is 25.2 Å². The molecule has 2 atom stereocenters. The summed E-state index contributed by atoms with van der Waals surface area (Å²) in [5, 5.41) is 1.09. The highest BCUT2D eigenvalue weighted by molar-refractivity contribution is 7.09. The van der Waals surface area contributed by atoms with Gasteiger partial charge in [-0.1, -0.05) is 13.8 Å². The summed E-state index contributed by atoms with van der Waals surface area (Å²) >= 11 is 1.53. The molecule has 0 amide bonds. The fraction of sp³-hybridized carbons (Fsp3) is 0.833. The lowest BCUT2D eigenvalue weighted by molar-refractivity contribution is 0.201. The first-order chi connectivity index (χ1) is 8.26. The Morgan fingerprint density at radius 3 is 3.06 bits per heavy atom. The molecule has 17 heavy (non-hydrogen) atoms. The van der Waals surface area contributed by atoms with Gasteiger partial charge in [-0.3, -0.25) is 0 Å². The highest BCUT2D eigenvalue weighted by Crippen LogP contribution is 2.32. The smallest absolute Gasteiger partial charge is 0.205 e. The maximum atomic E-state index is 5.05. The molecule has 2 rings (SSSR count).